The standard InChI is InChI=1S/C15H16ClFN4O2/c1-9-8-12(20-19-9)15(22)18-11-3-2-10(16)13(17)14(11)21-4-6-23-7-5-21/h2-3,8H,4-7H2,1H3,(H,18,22)(H,19,20). The quantitative estimate of drug-likeness (QED) is 0.902. The molecule has 1 fully saturated rings. The predicted octanol–water partition coefficient (Wildman–Crippen LogP) is 2.60. The average molecular weight is 339 g/mol. The lowest BCUT2D eigenvalue weighted by molar-refractivity contribution is 0.102. The molecule has 0 saturated carbocycles. The molecule has 1 saturated heterocycles. The van der Waals surface area contributed by atoms with E-state index in [1.54, 1.807) is 19.1 Å². The van der Waals surface area contributed by atoms with Gasteiger partial charge < -0.3 is 15.0 Å². The van der Waals surface area contributed by atoms with Gasteiger partial charge in [0, 0.05) is 18.8 Å². The Morgan fingerprint density at radius 1 is 1.43 bits per heavy atom. The van der Waals surface area contributed by atoms with Gasteiger partial charge in [-0.15, -0.1) is 0 Å². The maximum Gasteiger partial charge on any atom is 0.276 e. The second-order valence-electron chi connectivity index (χ2n) is 5.25. The Morgan fingerprint density at radius 2 is 2.17 bits per heavy atom. The van der Waals surface area contributed by atoms with Crippen molar-refractivity contribution >= 4 is 28.9 Å². The van der Waals surface area contributed by atoms with Gasteiger partial charge in [0.05, 0.1) is 29.6 Å². The number of carbonyl (C=O) groups excluding carboxylic acids is 1. The topological polar surface area (TPSA) is 70.2 Å². The van der Waals surface area contributed by atoms with Gasteiger partial charge >= 0.3 is 0 Å². The molecule has 23 heavy (non-hydrogen) atoms. The minimum Gasteiger partial charge on any atom is -0.378 e. The molecule has 2 aromatic rings. The third kappa shape index (κ3) is 3.30. The number of ether oxygens (including phenoxy) is 1. The normalized spacial score (nSPS) is 14.8. The maximum atomic E-state index is 14.5. The highest BCUT2D eigenvalue weighted by Gasteiger charge is 2.22. The molecular formula is C15H16ClFN4O2. The smallest absolute Gasteiger partial charge is 0.276 e. The molecule has 8 heteroatoms. The van der Waals surface area contributed by atoms with E-state index in [0.717, 1.165) is 5.69 Å². The molecule has 2 N–H and O–H groups in total. The number of amides is 1. The Labute approximate surface area is 137 Å². The number of halogens is 2. The van der Waals surface area contributed by atoms with Crippen molar-refractivity contribution in [1.29, 1.82) is 0 Å². The second kappa shape index (κ2) is 6.55. The largest absolute Gasteiger partial charge is 0.378 e. The number of morpholine rings is 1. The van der Waals surface area contributed by atoms with Crippen molar-refractivity contribution in [2.75, 3.05) is 36.5 Å². The van der Waals surface area contributed by atoms with E-state index < -0.39 is 11.7 Å². The van der Waals surface area contributed by atoms with E-state index >= 15 is 0 Å². The molecular weight excluding hydrogens is 323 g/mol. The Kier molecular flexibility index (Phi) is 4.49. The van der Waals surface area contributed by atoms with Crippen LogP contribution in [-0.4, -0.2) is 42.4 Å². The van der Waals surface area contributed by atoms with Crippen molar-refractivity contribution in [3.8, 4) is 0 Å². The number of anilines is 2. The lowest BCUT2D eigenvalue weighted by Crippen LogP contribution is -2.37. The van der Waals surface area contributed by atoms with Crippen molar-refractivity contribution in [2.45, 2.75) is 6.92 Å². The zero-order valence-corrected chi connectivity index (χ0v) is 13.3. The molecule has 0 bridgehead atoms. The van der Waals surface area contributed by atoms with Gasteiger partial charge in [-0.05, 0) is 25.1 Å². The first-order chi connectivity index (χ1) is 11.1. The number of aromatic nitrogens is 2. The summed E-state index contributed by atoms with van der Waals surface area (Å²) in [5, 5.41) is 9.32. The van der Waals surface area contributed by atoms with E-state index in [4.69, 9.17) is 16.3 Å². The molecule has 1 aromatic heterocycles. The second-order valence-corrected chi connectivity index (χ2v) is 5.65. The molecule has 0 spiro atoms. The first-order valence-electron chi connectivity index (χ1n) is 7.20. The molecule has 0 unspecified atom stereocenters. The van der Waals surface area contributed by atoms with Gasteiger partial charge in [0.2, 0.25) is 0 Å². The number of nitrogens with zero attached hydrogens (tertiary/aromatic N) is 2. The molecule has 0 atom stereocenters. The van der Waals surface area contributed by atoms with Crippen LogP contribution in [0.25, 0.3) is 0 Å². The highest BCUT2D eigenvalue weighted by molar-refractivity contribution is 6.31. The maximum absolute atomic E-state index is 14.5. The monoisotopic (exact) mass is 338 g/mol. The molecule has 0 radical (unpaired) electrons. The van der Waals surface area contributed by atoms with Gasteiger partial charge in [-0.25, -0.2) is 4.39 Å². The van der Waals surface area contributed by atoms with Crippen molar-refractivity contribution in [3.05, 3.63) is 40.4 Å². The van der Waals surface area contributed by atoms with E-state index in [9.17, 15) is 9.18 Å². The summed E-state index contributed by atoms with van der Waals surface area (Å²) >= 11 is 5.90. The fourth-order valence-electron chi connectivity index (χ4n) is 2.46. The summed E-state index contributed by atoms with van der Waals surface area (Å²) < 4.78 is 19.8. The molecule has 0 aliphatic carbocycles. The molecule has 2 heterocycles. The highest BCUT2D eigenvalue weighted by atomic mass is 35.5. The fraction of sp³-hybridized carbons (Fsp3) is 0.333. The Hall–Kier alpha value is -2.12. The first-order valence-corrected chi connectivity index (χ1v) is 7.58. The number of aryl methyl sites for hydroxylation is 1. The van der Waals surface area contributed by atoms with Crippen LogP contribution in [0.15, 0.2) is 18.2 Å². The number of benzene rings is 1. The van der Waals surface area contributed by atoms with Gasteiger partial charge in [0.15, 0.2) is 11.5 Å². The third-order valence-electron chi connectivity index (χ3n) is 3.58. The van der Waals surface area contributed by atoms with Crippen LogP contribution < -0.4 is 10.2 Å². The van der Waals surface area contributed by atoms with E-state index in [1.165, 1.54) is 6.07 Å². The summed E-state index contributed by atoms with van der Waals surface area (Å²) in [5.41, 5.74) is 1.65. The van der Waals surface area contributed by atoms with Crippen LogP contribution in [0.1, 0.15) is 16.2 Å². The minimum absolute atomic E-state index is 0.0140. The van der Waals surface area contributed by atoms with Gasteiger partial charge in [0.25, 0.3) is 5.91 Å². The zero-order chi connectivity index (χ0) is 16.4. The van der Waals surface area contributed by atoms with Crippen LogP contribution in [0.2, 0.25) is 5.02 Å². The Bertz CT molecular complexity index is 728. The summed E-state index contributed by atoms with van der Waals surface area (Å²) in [5.74, 6) is -0.963. The summed E-state index contributed by atoms with van der Waals surface area (Å²) in [6.45, 7) is 3.85. The van der Waals surface area contributed by atoms with Crippen molar-refractivity contribution in [2.24, 2.45) is 0 Å². The highest BCUT2D eigenvalue weighted by Crippen LogP contribution is 2.34. The van der Waals surface area contributed by atoms with Crippen LogP contribution >= 0.6 is 11.6 Å². The van der Waals surface area contributed by atoms with Gasteiger partial charge in [0.1, 0.15) is 0 Å². The number of rotatable bonds is 3. The molecule has 1 aromatic carbocycles. The summed E-state index contributed by atoms with van der Waals surface area (Å²) in [4.78, 5) is 14.1. The summed E-state index contributed by atoms with van der Waals surface area (Å²) in [7, 11) is 0. The lowest BCUT2D eigenvalue weighted by Gasteiger charge is -2.31. The molecule has 1 amide bonds. The summed E-state index contributed by atoms with van der Waals surface area (Å²) in [6.07, 6.45) is 0. The number of H-pyrrole nitrogens is 1. The van der Waals surface area contributed by atoms with Gasteiger partial charge in [-0.2, -0.15) is 5.10 Å². The SMILES string of the molecule is Cc1cc(C(=O)Nc2ccc(Cl)c(F)c2N2CCOCC2)n[nH]1. The molecule has 3 rings (SSSR count). The van der Waals surface area contributed by atoms with Crippen LogP contribution in [0.5, 0.6) is 0 Å². The van der Waals surface area contributed by atoms with E-state index in [1.807, 2.05) is 4.90 Å². The van der Waals surface area contributed by atoms with Crippen molar-refractivity contribution < 1.29 is 13.9 Å². The lowest BCUT2D eigenvalue weighted by atomic mass is 10.2. The van der Waals surface area contributed by atoms with Crippen LogP contribution in [0.3, 0.4) is 0 Å². The third-order valence-corrected chi connectivity index (χ3v) is 3.88. The van der Waals surface area contributed by atoms with Gasteiger partial charge in [-0.3, -0.25) is 9.89 Å². The molecule has 1 aliphatic heterocycles. The van der Waals surface area contributed by atoms with E-state index in [2.05, 4.69) is 15.5 Å². The average Bonchev–Trinajstić information content (AvgIpc) is 2.99. The van der Waals surface area contributed by atoms with Crippen LogP contribution in [0, 0.1) is 12.7 Å². The molecule has 1 aliphatic rings. The van der Waals surface area contributed by atoms with Gasteiger partial charge in [-0.1, -0.05) is 11.6 Å². The fourth-order valence-corrected chi connectivity index (χ4v) is 2.61. The summed E-state index contributed by atoms with van der Waals surface area (Å²) in [6, 6.07) is 4.63. The van der Waals surface area contributed by atoms with Crippen LogP contribution in [-0.2, 0) is 4.74 Å². The first kappa shape index (κ1) is 15.8. The number of nitrogens with one attached hydrogen (secondary N) is 2. The van der Waals surface area contributed by atoms with E-state index in [-0.39, 0.29) is 16.4 Å². The van der Waals surface area contributed by atoms with E-state index in [0.29, 0.717) is 32.0 Å². The minimum atomic E-state index is -0.551. The number of hydrogen-bond donors (Lipinski definition) is 2. The number of hydrogen-bond acceptors (Lipinski definition) is 4. The number of carbonyl (C=O) groups is 1. The Morgan fingerprint density at radius 3 is 2.83 bits per heavy atom. The van der Waals surface area contributed by atoms with Crippen molar-refractivity contribution in [1.82, 2.24) is 10.2 Å². The molecule has 122 valence electrons. The Balaban J connectivity index is 1.91. The zero-order valence-electron chi connectivity index (χ0n) is 12.5. The predicted molar refractivity (Wildman–Crippen MR) is 85.7 cm³/mol. The van der Waals surface area contributed by atoms with Crippen molar-refractivity contribution in [3.63, 3.8) is 0 Å². The number of aromatic amines is 1. The van der Waals surface area contributed by atoms with Crippen LogP contribution in [0.4, 0.5) is 15.8 Å². The molecule has 6 nitrogen and oxygen atoms in total.